The predicted molar refractivity (Wildman–Crippen MR) is 62.3 cm³/mol. The maximum atomic E-state index is 12.7. The highest BCUT2D eigenvalue weighted by molar-refractivity contribution is 5.50. The highest BCUT2D eigenvalue weighted by Crippen LogP contribution is 2.32. The zero-order valence-electron chi connectivity index (χ0n) is 10.1. The van der Waals surface area contributed by atoms with Gasteiger partial charge in [-0.05, 0) is 18.6 Å². The number of aromatic nitrogens is 1. The van der Waals surface area contributed by atoms with Crippen molar-refractivity contribution in [2.45, 2.75) is 19.5 Å². The summed E-state index contributed by atoms with van der Waals surface area (Å²) in [6.07, 6.45) is -3.52. The molecule has 1 N–H and O–H groups in total. The smallest absolute Gasteiger partial charge is 0.370 e. The Morgan fingerprint density at radius 1 is 1.29 bits per heavy atom. The van der Waals surface area contributed by atoms with Crippen molar-refractivity contribution in [3.63, 3.8) is 0 Å². The molecule has 1 heterocycles. The van der Waals surface area contributed by atoms with Crippen LogP contribution in [-0.2, 0) is 6.18 Å². The standard InChI is InChI=1S/C11H16F3N3/c1-4-5-15-9-6-8(11(12,13)14)7-10(16-9)17(2)3/h6-7H,4-5H2,1-3H3,(H,15,16). The first-order valence-electron chi connectivity index (χ1n) is 5.35. The van der Waals surface area contributed by atoms with E-state index in [1.807, 2.05) is 6.92 Å². The number of rotatable bonds is 4. The molecule has 0 aliphatic heterocycles. The van der Waals surface area contributed by atoms with Gasteiger partial charge in [0.15, 0.2) is 0 Å². The second-order valence-electron chi connectivity index (χ2n) is 3.92. The fraction of sp³-hybridized carbons (Fsp3) is 0.545. The normalized spacial score (nSPS) is 11.4. The van der Waals surface area contributed by atoms with E-state index >= 15 is 0 Å². The van der Waals surface area contributed by atoms with Gasteiger partial charge >= 0.3 is 6.18 Å². The molecule has 1 aromatic rings. The minimum Gasteiger partial charge on any atom is -0.370 e. The molecule has 0 radical (unpaired) electrons. The van der Waals surface area contributed by atoms with Crippen LogP contribution in [0.1, 0.15) is 18.9 Å². The van der Waals surface area contributed by atoms with E-state index in [4.69, 9.17) is 0 Å². The van der Waals surface area contributed by atoms with E-state index < -0.39 is 11.7 Å². The lowest BCUT2D eigenvalue weighted by Gasteiger charge is -2.16. The summed E-state index contributed by atoms with van der Waals surface area (Å²) in [6.45, 7) is 2.54. The molecule has 0 aliphatic rings. The van der Waals surface area contributed by atoms with E-state index in [0.717, 1.165) is 18.6 Å². The van der Waals surface area contributed by atoms with Gasteiger partial charge in [0.1, 0.15) is 11.6 Å². The molecule has 1 rings (SSSR count). The van der Waals surface area contributed by atoms with Gasteiger partial charge < -0.3 is 10.2 Å². The number of pyridine rings is 1. The predicted octanol–water partition coefficient (Wildman–Crippen LogP) is 2.99. The summed E-state index contributed by atoms with van der Waals surface area (Å²) in [6, 6.07) is 2.07. The van der Waals surface area contributed by atoms with Gasteiger partial charge in [0.05, 0.1) is 5.56 Å². The second kappa shape index (κ2) is 5.25. The van der Waals surface area contributed by atoms with Crippen LogP contribution in [0.3, 0.4) is 0 Å². The number of anilines is 2. The topological polar surface area (TPSA) is 28.2 Å². The van der Waals surface area contributed by atoms with Crippen LogP contribution in [0.4, 0.5) is 24.8 Å². The summed E-state index contributed by atoms with van der Waals surface area (Å²) in [7, 11) is 3.32. The number of nitrogens with one attached hydrogen (secondary N) is 1. The molecular weight excluding hydrogens is 231 g/mol. The summed E-state index contributed by atoms with van der Waals surface area (Å²) in [5, 5.41) is 2.86. The van der Waals surface area contributed by atoms with Crippen LogP contribution < -0.4 is 10.2 Å². The van der Waals surface area contributed by atoms with E-state index in [2.05, 4.69) is 10.3 Å². The number of nitrogens with zero attached hydrogens (tertiary/aromatic N) is 2. The molecule has 0 atom stereocenters. The minimum atomic E-state index is -4.35. The van der Waals surface area contributed by atoms with Gasteiger partial charge in [0.2, 0.25) is 0 Å². The monoisotopic (exact) mass is 247 g/mol. The van der Waals surface area contributed by atoms with Crippen molar-refractivity contribution < 1.29 is 13.2 Å². The summed E-state index contributed by atoms with van der Waals surface area (Å²) < 4.78 is 38.0. The van der Waals surface area contributed by atoms with Gasteiger partial charge in [-0.25, -0.2) is 4.98 Å². The lowest BCUT2D eigenvalue weighted by Crippen LogP contribution is -2.15. The highest BCUT2D eigenvalue weighted by atomic mass is 19.4. The van der Waals surface area contributed by atoms with Gasteiger partial charge in [-0.1, -0.05) is 6.92 Å². The van der Waals surface area contributed by atoms with E-state index in [1.165, 1.54) is 0 Å². The number of hydrogen-bond acceptors (Lipinski definition) is 3. The summed E-state index contributed by atoms with van der Waals surface area (Å²) in [5.41, 5.74) is -0.685. The Hall–Kier alpha value is -1.46. The molecule has 3 nitrogen and oxygen atoms in total. The van der Waals surface area contributed by atoms with Crippen molar-refractivity contribution in [1.82, 2.24) is 4.98 Å². The molecule has 0 aromatic carbocycles. The van der Waals surface area contributed by atoms with Crippen molar-refractivity contribution in [2.75, 3.05) is 30.9 Å². The maximum Gasteiger partial charge on any atom is 0.416 e. The largest absolute Gasteiger partial charge is 0.416 e. The van der Waals surface area contributed by atoms with Crippen LogP contribution in [-0.4, -0.2) is 25.6 Å². The van der Waals surface area contributed by atoms with Gasteiger partial charge in [-0.3, -0.25) is 0 Å². The molecule has 0 unspecified atom stereocenters. The van der Waals surface area contributed by atoms with E-state index in [9.17, 15) is 13.2 Å². The first-order valence-corrected chi connectivity index (χ1v) is 5.35. The average Bonchev–Trinajstić information content (AvgIpc) is 2.24. The summed E-state index contributed by atoms with van der Waals surface area (Å²) in [5.74, 6) is 0.545. The SMILES string of the molecule is CCCNc1cc(C(F)(F)F)cc(N(C)C)n1. The summed E-state index contributed by atoms with van der Waals surface area (Å²) >= 11 is 0. The Kier molecular flexibility index (Phi) is 4.20. The number of hydrogen-bond donors (Lipinski definition) is 1. The molecule has 17 heavy (non-hydrogen) atoms. The van der Waals surface area contributed by atoms with Gasteiger partial charge in [0.25, 0.3) is 0 Å². The Morgan fingerprint density at radius 2 is 1.94 bits per heavy atom. The number of halogens is 3. The van der Waals surface area contributed by atoms with Gasteiger partial charge in [-0.15, -0.1) is 0 Å². The van der Waals surface area contributed by atoms with Crippen molar-refractivity contribution in [1.29, 1.82) is 0 Å². The third-order valence-electron chi connectivity index (χ3n) is 2.15. The van der Waals surface area contributed by atoms with Crippen LogP contribution in [0.15, 0.2) is 12.1 Å². The summed E-state index contributed by atoms with van der Waals surface area (Å²) in [4.78, 5) is 5.65. The van der Waals surface area contributed by atoms with Crippen LogP contribution in [0, 0.1) is 0 Å². The Bertz CT molecular complexity index is 375. The maximum absolute atomic E-state index is 12.7. The van der Waals surface area contributed by atoms with E-state index in [-0.39, 0.29) is 5.82 Å². The van der Waals surface area contributed by atoms with Crippen molar-refractivity contribution in [2.24, 2.45) is 0 Å². The van der Waals surface area contributed by atoms with Crippen LogP contribution in [0.5, 0.6) is 0 Å². The zero-order valence-corrected chi connectivity index (χ0v) is 10.1. The molecule has 0 fully saturated rings. The lowest BCUT2D eigenvalue weighted by molar-refractivity contribution is -0.137. The van der Waals surface area contributed by atoms with E-state index in [0.29, 0.717) is 12.4 Å². The molecule has 0 saturated carbocycles. The molecular formula is C11H16F3N3. The van der Waals surface area contributed by atoms with E-state index in [1.54, 1.807) is 19.0 Å². The molecule has 96 valence electrons. The molecule has 0 aliphatic carbocycles. The quantitative estimate of drug-likeness (QED) is 0.886. The highest BCUT2D eigenvalue weighted by Gasteiger charge is 2.31. The fourth-order valence-electron chi connectivity index (χ4n) is 1.25. The van der Waals surface area contributed by atoms with Gasteiger partial charge in [0, 0.05) is 20.6 Å². The molecule has 6 heteroatoms. The molecule has 0 bridgehead atoms. The van der Waals surface area contributed by atoms with Gasteiger partial charge in [-0.2, -0.15) is 13.2 Å². The first kappa shape index (κ1) is 13.6. The average molecular weight is 247 g/mol. The first-order chi connectivity index (χ1) is 7.84. The third kappa shape index (κ3) is 3.80. The minimum absolute atomic E-state index is 0.255. The Labute approximate surface area is 98.6 Å². The van der Waals surface area contributed by atoms with Crippen LogP contribution in [0.2, 0.25) is 0 Å². The molecule has 0 saturated heterocycles. The molecule has 0 amide bonds. The second-order valence-corrected chi connectivity index (χ2v) is 3.92. The Morgan fingerprint density at radius 3 is 2.41 bits per heavy atom. The lowest BCUT2D eigenvalue weighted by atomic mass is 10.2. The van der Waals surface area contributed by atoms with Crippen molar-refractivity contribution in [3.8, 4) is 0 Å². The van der Waals surface area contributed by atoms with Crippen molar-refractivity contribution >= 4 is 11.6 Å². The molecule has 0 spiro atoms. The van der Waals surface area contributed by atoms with Crippen molar-refractivity contribution in [3.05, 3.63) is 17.7 Å². The Balaban J connectivity index is 3.10. The molecule has 1 aromatic heterocycles. The number of alkyl halides is 3. The fourth-order valence-corrected chi connectivity index (χ4v) is 1.25. The third-order valence-corrected chi connectivity index (χ3v) is 2.15. The van der Waals surface area contributed by atoms with Crippen LogP contribution in [0.25, 0.3) is 0 Å². The zero-order chi connectivity index (χ0) is 13.1. The van der Waals surface area contributed by atoms with Crippen LogP contribution >= 0.6 is 0 Å².